The molecule has 0 unspecified atom stereocenters. The standard InChI is InChI=1S/C41H29GeN4O.Au/c1-42(2)33-16-5-3-14-31(33)41(39-20-9-10-23-43-39,32-15-4-6-17-34(32)42)29-21-22-38-36(27-29)46(35-18-7-8-19-37(35)47-38)30-13-11-12-28(26-30)40-44-24-25-45-40;/h3-25H,1-2H3;/q-3;+3. The molecule has 7 aromatic rings. The van der Waals surface area contributed by atoms with Crippen LogP contribution < -0.4 is 23.4 Å². The van der Waals surface area contributed by atoms with E-state index in [0.717, 1.165) is 45.4 Å². The van der Waals surface area contributed by atoms with Crippen molar-refractivity contribution in [1.29, 1.82) is 0 Å². The van der Waals surface area contributed by atoms with E-state index in [9.17, 15) is 0 Å². The van der Waals surface area contributed by atoms with E-state index in [0.29, 0.717) is 5.82 Å². The van der Waals surface area contributed by atoms with Crippen LogP contribution in [0.3, 0.4) is 0 Å². The molecule has 9 rings (SSSR count). The van der Waals surface area contributed by atoms with Gasteiger partial charge in [-0.2, -0.15) is 0 Å². The SMILES string of the molecule is [Au+3].[CH3][Ge]1([CH3])[c]2ccccc2C(c2[c-]c3c(cc2)Oc2ccccc2N3c2[c-]c(-c3ncc[n-]3)ccc2)(c2ccccn2)c2cccc[c]21. The second kappa shape index (κ2) is 11.8. The molecule has 0 saturated heterocycles. The second-order valence-corrected chi connectivity index (χ2v) is 21.6. The zero-order chi connectivity index (χ0) is 31.6. The van der Waals surface area contributed by atoms with Crippen LogP contribution in [0.1, 0.15) is 22.4 Å². The third kappa shape index (κ3) is 4.50. The van der Waals surface area contributed by atoms with Gasteiger partial charge in [-0.25, -0.2) is 0 Å². The van der Waals surface area contributed by atoms with Crippen molar-refractivity contribution in [3.63, 3.8) is 0 Å². The van der Waals surface area contributed by atoms with Gasteiger partial charge in [0.2, 0.25) is 0 Å². The first-order valence-electron chi connectivity index (χ1n) is 15.8. The van der Waals surface area contributed by atoms with Crippen LogP contribution in [0.15, 0.2) is 140 Å². The third-order valence-electron chi connectivity index (χ3n) is 9.62. The number of para-hydroxylation sites is 2. The van der Waals surface area contributed by atoms with E-state index in [1.54, 1.807) is 12.4 Å². The predicted molar refractivity (Wildman–Crippen MR) is 188 cm³/mol. The van der Waals surface area contributed by atoms with Gasteiger partial charge in [-0.3, -0.25) is 0 Å². The predicted octanol–water partition coefficient (Wildman–Crippen LogP) is 7.79. The molecule has 0 aliphatic carbocycles. The van der Waals surface area contributed by atoms with Crippen molar-refractivity contribution in [2.75, 3.05) is 4.90 Å². The number of hydrogen-bond donors (Lipinski definition) is 0. The minimum atomic E-state index is -2.70. The molecule has 0 spiro atoms. The van der Waals surface area contributed by atoms with Crippen LogP contribution in [0.4, 0.5) is 17.1 Å². The average Bonchev–Trinajstić information content (AvgIpc) is 3.67. The molecule has 0 saturated carbocycles. The van der Waals surface area contributed by atoms with Gasteiger partial charge >= 0.3 is 288 Å². The monoisotopic (exact) mass is 864 g/mol. The molecule has 48 heavy (non-hydrogen) atoms. The Morgan fingerprint density at radius 1 is 0.688 bits per heavy atom. The molecular weight excluding hydrogens is 834 g/mol. The Morgan fingerprint density at radius 2 is 1.42 bits per heavy atom. The van der Waals surface area contributed by atoms with Crippen LogP contribution in [0.25, 0.3) is 11.4 Å². The topological polar surface area (TPSA) is 52.4 Å². The van der Waals surface area contributed by atoms with E-state index < -0.39 is 18.7 Å². The summed E-state index contributed by atoms with van der Waals surface area (Å²) in [6, 6.07) is 50.3. The Labute approximate surface area is 298 Å². The maximum absolute atomic E-state index is 6.57. The number of pyridine rings is 1. The van der Waals surface area contributed by atoms with E-state index in [2.05, 4.69) is 123 Å². The van der Waals surface area contributed by atoms with Crippen LogP contribution in [0.5, 0.6) is 11.5 Å². The number of aromatic nitrogens is 3. The molecular formula is C41H29AuGeN4O. The molecule has 2 aliphatic heterocycles. The molecule has 7 heteroatoms. The third-order valence-corrected chi connectivity index (χ3v) is 17.1. The van der Waals surface area contributed by atoms with Crippen LogP contribution >= 0.6 is 0 Å². The van der Waals surface area contributed by atoms with Gasteiger partial charge in [-0.05, 0) is 0 Å². The Bertz CT molecular complexity index is 2240. The number of ether oxygens (including phenoxy) is 1. The maximum atomic E-state index is 6.57. The molecule has 0 atom stereocenters. The van der Waals surface area contributed by atoms with Crippen molar-refractivity contribution in [3.8, 4) is 22.9 Å². The van der Waals surface area contributed by atoms with E-state index >= 15 is 0 Å². The van der Waals surface area contributed by atoms with Gasteiger partial charge in [0, 0.05) is 0 Å². The Balaban J connectivity index is 0.00000336. The molecule has 4 heterocycles. The first-order valence-corrected chi connectivity index (χ1v) is 22.1. The van der Waals surface area contributed by atoms with E-state index in [-0.39, 0.29) is 22.4 Å². The summed E-state index contributed by atoms with van der Waals surface area (Å²) >= 11 is -2.70. The molecule has 0 N–H and O–H groups in total. The average molecular weight is 863 g/mol. The van der Waals surface area contributed by atoms with E-state index in [1.165, 1.54) is 19.9 Å². The fourth-order valence-electron chi connectivity index (χ4n) is 7.54. The molecule has 2 aromatic heterocycles. The zero-order valence-corrected chi connectivity index (χ0v) is 30.5. The molecule has 5 nitrogen and oxygen atoms in total. The van der Waals surface area contributed by atoms with E-state index in [4.69, 9.17) is 9.72 Å². The van der Waals surface area contributed by atoms with Crippen LogP contribution in [-0.2, 0) is 27.8 Å². The van der Waals surface area contributed by atoms with Gasteiger partial charge in [-0.15, -0.1) is 0 Å². The van der Waals surface area contributed by atoms with Crippen molar-refractivity contribution in [2.45, 2.75) is 16.9 Å². The van der Waals surface area contributed by atoms with Crippen LogP contribution in [-0.4, -0.2) is 23.2 Å². The summed E-state index contributed by atoms with van der Waals surface area (Å²) in [6.07, 6.45) is 5.31. The Morgan fingerprint density at radius 3 is 2.15 bits per heavy atom. The molecule has 0 bridgehead atoms. The van der Waals surface area contributed by atoms with Crippen molar-refractivity contribution < 1.29 is 27.1 Å². The number of nitrogens with zero attached hydrogens (tertiary/aromatic N) is 4. The van der Waals surface area contributed by atoms with Crippen LogP contribution in [0, 0.1) is 12.1 Å². The Hall–Kier alpha value is -4.66. The zero-order valence-electron chi connectivity index (χ0n) is 26.3. The summed E-state index contributed by atoms with van der Waals surface area (Å²) in [7, 11) is 0. The number of fused-ring (bicyclic) bond motifs is 4. The number of benzene rings is 5. The Kier molecular flexibility index (Phi) is 7.53. The molecule has 0 radical (unpaired) electrons. The van der Waals surface area contributed by atoms with Gasteiger partial charge in [0.1, 0.15) is 0 Å². The van der Waals surface area contributed by atoms with Crippen molar-refractivity contribution in [1.82, 2.24) is 15.0 Å². The number of anilines is 3. The van der Waals surface area contributed by atoms with Crippen molar-refractivity contribution in [2.24, 2.45) is 0 Å². The summed E-state index contributed by atoms with van der Waals surface area (Å²) in [6.45, 7) is 0. The van der Waals surface area contributed by atoms with Gasteiger partial charge in [-0.1, -0.05) is 12.4 Å². The van der Waals surface area contributed by atoms with Crippen molar-refractivity contribution >= 4 is 39.1 Å². The summed E-state index contributed by atoms with van der Waals surface area (Å²) in [4.78, 5) is 16.2. The summed E-state index contributed by atoms with van der Waals surface area (Å²) in [5, 5.41) is 0. The molecule has 234 valence electrons. The molecule has 2 aliphatic rings. The molecule has 0 amide bonds. The summed E-state index contributed by atoms with van der Waals surface area (Å²) < 4.78 is 9.48. The van der Waals surface area contributed by atoms with Crippen molar-refractivity contribution in [3.05, 3.63) is 174 Å². The molecule has 5 aromatic carbocycles. The minimum absolute atomic E-state index is 0. The van der Waals surface area contributed by atoms with Gasteiger partial charge < -0.3 is 0 Å². The fraction of sp³-hybridized carbons (Fsp3) is 0.0732. The van der Waals surface area contributed by atoms with Crippen LogP contribution in [0.2, 0.25) is 11.5 Å². The molecule has 0 fully saturated rings. The summed E-state index contributed by atoms with van der Waals surface area (Å²) in [5.41, 5.74) is 7.26. The normalized spacial score (nSPS) is 14.8. The van der Waals surface area contributed by atoms with Gasteiger partial charge in [0.25, 0.3) is 0 Å². The fourth-order valence-corrected chi connectivity index (χ4v) is 14.3. The van der Waals surface area contributed by atoms with E-state index in [1.807, 2.05) is 42.6 Å². The van der Waals surface area contributed by atoms with Gasteiger partial charge in [0.15, 0.2) is 0 Å². The first kappa shape index (κ1) is 30.7. The second-order valence-electron chi connectivity index (χ2n) is 12.5. The number of hydrogen-bond acceptors (Lipinski definition) is 4. The first-order chi connectivity index (χ1) is 23.1. The summed E-state index contributed by atoms with van der Waals surface area (Å²) in [5.74, 6) is 7.14. The number of imidazole rings is 1. The number of rotatable bonds is 4. The quantitative estimate of drug-likeness (QED) is 0.134. The van der Waals surface area contributed by atoms with Gasteiger partial charge in [0.05, 0.1) is 0 Å².